The van der Waals surface area contributed by atoms with E-state index in [0.717, 1.165) is 18.4 Å². The summed E-state index contributed by atoms with van der Waals surface area (Å²) in [7, 11) is 0. The maximum absolute atomic E-state index is 10.8. The number of carboxylic acids is 1. The number of hydrogen-bond acceptors (Lipinski definition) is 1. The van der Waals surface area contributed by atoms with Crippen LogP contribution in [0.1, 0.15) is 96.4 Å². The monoisotopic (exact) mass is 392 g/mol. The Balaban J connectivity index is 2.13. The van der Waals surface area contributed by atoms with Crippen LogP contribution in [0.4, 0.5) is 0 Å². The Bertz CT molecular complexity index is 920. The molecule has 2 nitrogen and oxygen atoms in total. The highest BCUT2D eigenvalue weighted by Gasteiger charge is 2.40. The number of rotatable bonds is 3. The molecule has 2 heteroatoms. The van der Waals surface area contributed by atoms with E-state index in [1.807, 2.05) is 19.1 Å². The van der Waals surface area contributed by atoms with Crippen LogP contribution in [-0.2, 0) is 21.0 Å². The number of carbonyl (C=O) groups is 1. The number of carboxylic acid groups (broad SMARTS) is 1. The molecule has 0 spiro atoms. The van der Waals surface area contributed by atoms with Gasteiger partial charge in [-0.05, 0) is 82.3 Å². The van der Waals surface area contributed by atoms with Crippen molar-refractivity contribution in [3.05, 3.63) is 64.3 Å². The average Bonchev–Trinajstić information content (AvgIpc) is 2.60. The van der Waals surface area contributed by atoms with Crippen molar-refractivity contribution in [2.24, 2.45) is 0 Å². The molecule has 0 aliphatic heterocycles. The topological polar surface area (TPSA) is 37.3 Å². The summed E-state index contributed by atoms with van der Waals surface area (Å²) in [5.41, 5.74) is 8.57. The second-order valence-electron chi connectivity index (χ2n) is 10.9. The van der Waals surface area contributed by atoms with Crippen LogP contribution in [0.25, 0.3) is 5.57 Å². The Labute approximate surface area is 176 Å². The molecule has 0 bridgehead atoms. The summed E-state index contributed by atoms with van der Waals surface area (Å²) >= 11 is 0. The van der Waals surface area contributed by atoms with E-state index < -0.39 is 5.97 Å². The summed E-state index contributed by atoms with van der Waals surface area (Å²) < 4.78 is 0. The Morgan fingerprint density at radius 1 is 0.897 bits per heavy atom. The third-order valence-electron chi connectivity index (χ3n) is 7.09. The summed E-state index contributed by atoms with van der Waals surface area (Å²) in [6, 6.07) is 4.99. The first-order valence-electron chi connectivity index (χ1n) is 10.8. The molecule has 2 aliphatic carbocycles. The lowest BCUT2D eigenvalue weighted by Gasteiger charge is -2.44. The van der Waals surface area contributed by atoms with Crippen molar-refractivity contribution in [2.45, 2.75) is 90.4 Å². The van der Waals surface area contributed by atoms with Crippen LogP contribution in [-0.4, -0.2) is 11.1 Å². The number of allylic oxidation sites excluding steroid dienone is 5. The Morgan fingerprint density at radius 2 is 1.45 bits per heavy atom. The van der Waals surface area contributed by atoms with Crippen LogP contribution in [0, 0.1) is 0 Å². The Kier molecular flexibility index (Phi) is 5.45. The molecule has 29 heavy (non-hydrogen) atoms. The molecule has 0 unspecified atom stereocenters. The first-order chi connectivity index (χ1) is 13.3. The molecular weight excluding hydrogens is 356 g/mol. The molecule has 1 N–H and O–H groups in total. The summed E-state index contributed by atoms with van der Waals surface area (Å²) in [4.78, 5) is 10.8. The van der Waals surface area contributed by atoms with Crippen LogP contribution in [0.15, 0.2) is 42.0 Å². The van der Waals surface area contributed by atoms with E-state index in [1.165, 1.54) is 46.7 Å². The van der Waals surface area contributed by atoms with Crippen LogP contribution >= 0.6 is 0 Å². The van der Waals surface area contributed by atoms with Crippen molar-refractivity contribution in [2.75, 3.05) is 0 Å². The lowest BCUT2D eigenvalue weighted by molar-refractivity contribution is -0.131. The van der Waals surface area contributed by atoms with Gasteiger partial charge in [0.2, 0.25) is 0 Å². The zero-order valence-electron chi connectivity index (χ0n) is 19.1. The fraction of sp³-hybridized carbons (Fsp3) is 0.519. The third-order valence-corrected chi connectivity index (χ3v) is 7.09. The van der Waals surface area contributed by atoms with Crippen LogP contribution in [0.2, 0.25) is 0 Å². The molecule has 0 saturated carbocycles. The minimum Gasteiger partial charge on any atom is -0.478 e. The van der Waals surface area contributed by atoms with Gasteiger partial charge in [0.05, 0.1) is 0 Å². The van der Waals surface area contributed by atoms with Gasteiger partial charge < -0.3 is 5.11 Å². The van der Waals surface area contributed by atoms with Crippen LogP contribution in [0.5, 0.6) is 0 Å². The van der Waals surface area contributed by atoms with E-state index in [0.29, 0.717) is 0 Å². The normalized spacial score (nSPS) is 23.7. The first kappa shape index (κ1) is 21.6. The lowest BCUT2D eigenvalue weighted by atomic mass is 9.60. The zero-order chi connectivity index (χ0) is 21.6. The molecule has 0 amide bonds. The summed E-state index contributed by atoms with van der Waals surface area (Å²) in [5.74, 6) is -0.902. The van der Waals surface area contributed by atoms with Gasteiger partial charge in [0.15, 0.2) is 0 Å². The van der Waals surface area contributed by atoms with E-state index >= 15 is 0 Å². The van der Waals surface area contributed by atoms with Crippen molar-refractivity contribution in [1.29, 1.82) is 0 Å². The van der Waals surface area contributed by atoms with E-state index in [4.69, 9.17) is 5.11 Å². The predicted molar refractivity (Wildman–Crippen MR) is 122 cm³/mol. The first-order valence-corrected chi connectivity index (χ1v) is 10.8. The van der Waals surface area contributed by atoms with Gasteiger partial charge in [-0.1, -0.05) is 71.9 Å². The minimum absolute atomic E-state index is 0.169. The minimum atomic E-state index is -0.902. The molecule has 3 rings (SSSR count). The van der Waals surface area contributed by atoms with E-state index in [1.54, 1.807) is 0 Å². The fourth-order valence-electron chi connectivity index (χ4n) is 4.89. The summed E-state index contributed by atoms with van der Waals surface area (Å²) in [5, 5.41) is 8.90. The Hall–Kier alpha value is -2.09. The van der Waals surface area contributed by atoms with Gasteiger partial charge in [-0.15, -0.1) is 0 Å². The molecule has 0 heterocycles. The standard InChI is InChI=1S/C27H36O2/c1-18(15-24(28)29)9-8-10-19-11-12-25(2,3)21-17-23-22(16-20(19)21)26(4,5)13-14-27(23,6)7/h8-10,15-17H,11-14H2,1-7H3,(H,28,29)/b9-8+,18-15+,19-10-. The summed E-state index contributed by atoms with van der Waals surface area (Å²) in [6.07, 6.45) is 11.9. The van der Waals surface area contributed by atoms with E-state index in [-0.39, 0.29) is 16.2 Å². The molecule has 0 fully saturated rings. The quantitative estimate of drug-likeness (QED) is 0.441. The van der Waals surface area contributed by atoms with Gasteiger partial charge in [0.25, 0.3) is 0 Å². The van der Waals surface area contributed by atoms with Gasteiger partial charge in [0.1, 0.15) is 0 Å². The maximum Gasteiger partial charge on any atom is 0.328 e. The van der Waals surface area contributed by atoms with Gasteiger partial charge >= 0.3 is 5.97 Å². The third kappa shape index (κ3) is 4.27. The maximum atomic E-state index is 10.8. The molecular formula is C27H36O2. The molecule has 156 valence electrons. The highest BCUT2D eigenvalue weighted by atomic mass is 16.4. The average molecular weight is 393 g/mol. The summed E-state index contributed by atoms with van der Waals surface area (Å²) in [6.45, 7) is 16.1. The molecule has 1 aromatic rings. The van der Waals surface area contributed by atoms with Gasteiger partial charge in [-0.2, -0.15) is 0 Å². The van der Waals surface area contributed by atoms with Gasteiger partial charge in [-0.25, -0.2) is 4.79 Å². The van der Waals surface area contributed by atoms with Crippen molar-refractivity contribution >= 4 is 11.5 Å². The zero-order valence-corrected chi connectivity index (χ0v) is 19.1. The predicted octanol–water partition coefficient (Wildman–Crippen LogP) is 7.08. The van der Waals surface area contributed by atoms with Gasteiger partial charge in [-0.3, -0.25) is 0 Å². The molecule has 1 aromatic carbocycles. The lowest BCUT2D eigenvalue weighted by Crippen LogP contribution is -2.35. The second kappa shape index (κ2) is 7.31. The number of benzene rings is 1. The van der Waals surface area contributed by atoms with Crippen molar-refractivity contribution < 1.29 is 9.90 Å². The number of aliphatic carboxylic acids is 1. The van der Waals surface area contributed by atoms with Crippen molar-refractivity contribution in [3.63, 3.8) is 0 Å². The molecule has 0 radical (unpaired) electrons. The number of fused-ring (bicyclic) bond motifs is 2. The van der Waals surface area contributed by atoms with Gasteiger partial charge in [0, 0.05) is 6.08 Å². The highest BCUT2D eigenvalue weighted by Crippen LogP contribution is 2.51. The van der Waals surface area contributed by atoms with E-state index in [2.05, 4.69) is 59.8 Å². The molecule has 0 saturated heterocycles. The number of hydrogen-bond donors (Lipinski definition) is 1. The molecule has 0 aromatic heterocycles. The smallest absolute Gasteiger partial charge is 0.328 e. The molecule has 2 aliphatic rings. The fourth-order valence-corrected chi connectivity index (χ4v) is 4.89. The van der Waals surface area contributed by atoms with Crippen LogP contribution < -0.4 is 0 Å². The second-order valence-corrected chi connectivity index (χ2v) is 10.9. The Morgan fingerprint density at radius 3 is 2.03 bits per heavy atom. The largest absolute Gasteiger partial charge is 0.478 e. The molecule has 0 atom stereocenters. The van der Waals surface area contributed by atoms with Crippen molar-refractivity contribution in [1.82, 2.24) is 0 Å². The van der Waals surface area contributed by atoms with E-state index in [9.17, 15) is 4.79 Å². The van der Waals surface area contributed by atoms with Crippen molar-refractivity contribution in [3.8, 4) is 0 Å². The highest BCUT2D eigenvalue weighted by molar-refractivity contribution is 5.81. The SMILES string of the molecule is CC(/C=C/C=C1/CCC(C)(C)c2cc3c(cc21)C(C)(C)CCC3(C)C)=C\C(=O)O. The van der Waals surface area contributed by atoms with Crippen LogP contribution in [0.3, 0.4) is 0 Å².